The van der Waals surface area contributed by atoms with Gasteiger partial charge >= 0.3 is 5.97 Å². The number of methoxy groups -OCH3 is 1. The monoisotopic (exact) mass is 303 g/mol. The fraction of sp³-hybridized carbons (Fsp3) is 0.667. The summed E-state index contributed by atoms with van der Waals surface area (Å²) >= 11 is 0. The smallest absolute Gasteiger partial charge is 0.321 e. The van der Waals surface area contributed by atoms with Crippen LogP contribution >= 0.6 is 0 Å². The van der Waals surface area contributed by atoms with Gasteiger partial charge in [-0.1, -0.05) is 13.8 Å². The zero-order chi connectivity index (χ0) is 15.3. The van der Waals surface area contributed by atoms with Gasteiger partial charge in [-0.05, 0) is 13.3 Å². The molecule has 0 saturated heterocycles. The van der Waals surface area contributed by atoms with Gasteiger partial charge in [-0.15, -0.1) is 0 Å². The summed E-state index contributed by atoms with van der Waals surface area (Å²) in [7, 11) is -2.55. The van der Waals surface area contributed by atoms with Gasteiger partial charge in [0.15, 0.2) is 5.03 Å². The summed E-state index contributed by atoms with van der Waals surface area (Å²) in [4.78, 5) is 15.4. The maximum atomic E-state index is 12.4. The second kappa shape index (κ2) is 6.85. The van der Waals surface area contributed by atoms with Gasteiger partial charge in [0.2, 0.25) is 0 Å². The van der Waals surface area contributed by atoms with E-state index in [2.05, 4.69) is 9.72 Å². The zero-order valence-electron chi connectivity index (χ0n) is 12.3. The highest BCUT2D eigenvalue weighted by Crippen LogP contribution is 2.15. The molecule has 0 spiro atoms. The number of carbonyl (C=O) groups excluding carboxylic acids is 1. The fourth-order valence-electron chi connectivity index (χ4n) is 1.78. The third-order valence-electron chi connectivity index (χ3n) is 2.91. The molecule has 1 aromatic heterocycles. The van der Waals surface area contributed by atoms with Gasteiger partial charge in [0.05, 0.1) is 7.11 Å². The highest BCUT2D eigenvalue weighted by Gasteiger charge is 2.28. The summed E-state index contributed by atoms with van der Waals surface area (Å²) in [6.07, 6.45) is 2.39. The van der Waals surface area contributed by atoms with Crippen LogP contribution in [0.3, 0.4) is 0 Å². The third kappa shape index (κ3) is 3.57. The Morgan fingerprint density at radius 3 is 2.60 bits per heavy atom. The molecule has 0 unspecified atom stereocenters. The Bertz CT molecular complexity index is 565. The van der Waals surface area contributed by atoms with E-state index in [9.17, 15) is 13.2 Å². The summed E-state index contributed by atoms with van der Waals surface area (Å²) in [5.74, 6) is 0.0414. The minimum Gasteiger partial charge on any atom is -0.468 e. The molecular formula is C12H21N3O4S. The van der Waals surface area contributed by atoms with E-state index < -0.39 is 16.0 Å². The van der Waals surface area contributed by atoms with Crippen molar-refractivity contribution < 1.29 is 17.9 Å². The van der Waals surface area contributed by atoms with E-state index in [0.717, 1.165) is 10.7 Å². The predicted molar refractivity (Wildman–Crippen MR) is 73.7 cm³/mol. The number of aryl methyl sites for hydroxylation is 2. The van der Waals surface area contributed by atoms with E-state index in [1.807, 2.05) is 6.92 Å². The molecule has 7 nitrogen and oxygen atoms in total. The number of rotatable bonds is 7. The molecule has 0 atom stereocenters. The first-order valence-corrected chi connectivity index (χ1v) is 7.91. The van der Waals surface area contributed by atoms with Gasteiger partial charge in [0, 0.05) is 19.3 Å². The van der Waals surface area contributed by atoms with Crippen LogP contribution in [-0.2, 0) is 26.1 Å². The Labute approximate surface area is 119 Å². The van der Waals surface area contributed by atoms with Gasteiger partial charge < -0.3 is 9.30 Å². The van der Waals surface area contributed by atoms with Crippen molar-refractivity contribution in [3.63, 3.8) is 0 Å². The van der Waals surface area contributed by atoms with Crippen molar-refractivity contribution in [1.29, 1.82) is 0 Å². The lowest BCUT2D eigenvalue weighted by molar-refractivity contribution is -0.140. The van der Waals surface area contributed by atoms with Crippen molar-refractivity contribution in [3.8, 4) is 0 Å². The lowest BCUT2D eigenvalue weighted by Gasteiger charge is -2.17. The molecule has 1 rings (SSSR count). The number of hydrogen-bond acceptors (Lipinski definition) is 5. The largest absolute Gasteiger partial charge is 0.468 e. The van der Waals surface area contributed by atoms with E-state index in [4.69, 9.17) is 0 Å². The van der Waals surface area contributed by atoms with Gasteiger partial charge in [-0.3, -0.25) is 4.79 Å². The average molecular weight is 303 g/mol. The van der Waals surface area contributed by atoms with Crippen molar-refractivity contribution in [2.45, 2.75) is 38.8 Å². The summed E-state index contributed by atoms with van der Waals surface area (Å²) < 4.78 is 32.2. The second-order valence-electron chi connectivity index (χ2n) is 4.33. The first-order valence-electron chi connectivity index (χ1n) is 6.47. The number of nitrogens with zero attached hydrogens (tertiary/aromatic N) is 3. The summed E-state index contributed by atoms with van der Waals surface area (Å²) in [6.45, 7) is 5.99. The second-order valence-corrected chi connectivity index (χ2v) is 6.21. The number of sulfonamides is 1. The molecule has 1 aromatic rings. The van der Waals surface area contributed by atoms with Crippen LogP contribution in [0.4, 0.5) is 0 Å². The number of imidazole rings is 1. The number of hydrogen-bond donors (Lipinski definition) is 0. The van der Waals surface area contributed by atoms with Crippen LogP contribution in [-0.4, -0.2) is 48.4 Å². The molecule has 0 N–H and O–H groups in total. The Morgan fingerprint density at radius 2 is 2.10 bits per heavy atom. The van der Waals surface area contributed by atoms with E-state index in [1.54, 1.807) is 18.4 Å². The summed E-state index contributed by atoms with van der Waals surface area (Å²) in [6, 6.07) is 0. The molecule has 8 heteroatoms. The highest BCUT2D eigenvalue weighted by molar-refractivity contribution is 7.89. The third-order valence-corrected chi connectivity index (χ3v) is 4.70. The van der Waals surface area contributed by atoms with Crippen LogP contribution in [0.2, 0.25) is 0 Å². The number of likely N-dealkylation sites (N-methyl/N-ethyl adjacent to an activating group) is 1. The highest BCUT2D eigenvalue weighted by atomic mass is 32.2. The number of carbonyl (C=O) groups is 1. The van der Waals surface area contributed by atoms with E-state index >= 15 is 0 Å². The molecule has 20 heavy (non-hydrogen) atoms. The van der Waals surface area contributed by atoms with Crippen LogP contribution in [0.15, 0.2) is 11.2 Å². The first-order chi connectivity index (χ1) is 9.36. The maximum absolute atomic E-state index is 12.4. The molecule has 0 amide bonds. The number of ether oxygens (including phenoxy) is 1. The fourth-order valence-corrected chi connectivity index (χ4v) is 3.17. The quantitative estimate of drug-likeness (QED) is 0.695. The van der Waals surface area contributed by atoms with Crippen LogP contribution < -0.4 is 0 Å². The molecular weight excluding hydrogens is 282 g/mol. The van der Waals surface area contributed by atoms with Crippen molar-refractivity contribution >= 4 is 16.0 Å². The molecule has 0 aliphatic carbocycles. The topological polar surface area (TPSA) is 81.5 Å². The van der Waals surface area contributed by atoms with Gasteiger partial charge in [-0.25, -0.2) is 13.4 Å². The normalized spacial score (nSPS) is 11.8. The number of esters is 1. The lowest BCUT2D eigenvalue weighted by Crippen LogP contribution is -2.36. The first kappa shape index (κ1) is 16.6. The summed E-state index contributed by atoms with van der Waals surface area (Å²) in [5.41, 5.74) is 0. The molecule has 0 saturated carbocycles. The Balaban J connectivity index is 3.07. The van der Waals surface area contributed by atoms with Crippen molar-refractivity contribution in [2.24, 2.45) is 0 Å². The molecule has 114 valence electrons. The van der Waals surface area contributed by atoms with Crippen LogP contribution in [0.25, 0.3) is 0 Å². The molecule has 0 aliphatic heterocycles. The van der Waals surface area contributed by atoms with Crippen molar-refractivity contribution in [3.05, 3.63) is 12.0 Å². The predicted octanol–water partition coefficient (Wildman–Crippen LogP) is 0.785. The van der Waals surface area contributed by atoms with E-state index in [-0.39, 0.29) is 18.1 Å². The molecule has 0 fully saturated rings. The van der Waals surface area contributed by atoms with Crippen molar-refractivity contribution in [2.75, 3.05) is 20.2 Å². The maximum Gasteiger partial charge on any atom is 0.321 e. The number of aromatic nitrogens is 2. The van der Waals surface area contributed by atoms with Gasteiger partial charge in [0.25, 0.3) is 10.0 Å². The standard InChI is InChI=1S/C12H21N3O4S/c1-5-7-14-8-11(13-10(14)3)20(17,18)15(6-2)9-12(16)19-4/h8H,5-7,9H2,1-4H3. The van der Waals surface area contributed by atoms with Crippen LogP contribution in [0.5, 0.6) is 0 Å². The van der Waals surface area contributed by atoms with Crippen LogP contribution in [0.1, 0.15) is 26.1 Å². The Hall–Kier alpha value is -1.41. The minimum absolute atomic E-state index is 0.0331. The van der Waals surface area contributed by atoms with E-state index in [1.165, 1.54) is 13.3 Å². The SMILES string of the molecule is CCCn1cc(S(=O)(=O)N(CC)CC(=O)OC)nc1C. The van der Waals surface area contributed by atoms with Crippen molar-refractivity contribution in [1.82, 2.24) is 13.9 Å². The van der Waals surface area contributed by atoms with Gasteiger partial charge in [-0.2, -0.15) is 4.31 Å². The molecule has 1 heterocycles. The molecule has 0 radical (unpaired) electrons. The Morgan fingerprint density at radius 1 is 1.45 bits per heavy atom. The zero-order valence-corrected chi connectivity index (χ0v) is 13.1. The van der Waals surface area contributed by atoms with Crippen LogP contribution in [0, 0.1) is 6.92 Å². The molecule has 0 aliphatic rings. The molecule has 0 aromatic carbocycles. The van der Waals surface area contributed by atoms with E-state index in [0.29, 0.717) is 12.4 Å². The molecule has 0 bridgehead atoms. The minimum atomic E-state index is -3.78. The Kier molecular flexibility index (Phi) is 5.70. The lowest BCUT2D eigenvalue weighted by atomic mass is 10.5. The van der Waals surface area contributed by atoms with Gasteiger partial charge in [0.1, 0.15) is 12.4 Å². The average Bonchev–Trinajstić information content (AvgIpc) is 2.78. The summed E-state index contributed by atoms with van der Waals surface area (Å²) in [5, 5.41) is -0.0331.